The molecule has 4 rings (SSSR count). The van der Waals surface area contributed by atoms with Crippen molar-refractivity contribution in [3.63, 3.8) is 0 Å². The Hall–Kier alpha value is -2.16. The third kappa shape index (κ3) is 2.31. The smallest absolute Gasteiger partial charge is 0.103 e. The number of aliphatic hydroxyl groups is 2. The highest BCUT2D eigenvalue weighted by atomic mass is 16.3. The van der Waals surface area contributed by atoms with Crippen LogP contribution in [0.2, 0.25) is 0 Å². The van der Waals surface area contributed by atoms with Gasteiger partial charge in [-0.3, -0.25) is 0 Å². The van der Waals surface area contributed by atoms with E-state index in [0.29, 0.717) is 12.8 Å². The first kappa shape index (κ1) is 13.5. The monoisotopic (exact) mass is 290 g/mol. The van der Waals surface area contributed by atoms with Crippen LogP contribution in [0.4, 0.5) is 0 Å². The molecule has 0 amide bonds. The van der Waals surface area contributed by atoms with Crippen LogP contribution < -0.4 is 20.9 Å². The Morgan fingerprint density at radius 1 is 0.545 bits per heavy atom. The van der Waals surface area contributed by atoms with Crippen LogP contribution >= 0.6 is 0 Å². The second kappa shape index (κ2) is 4.67. The number of hydrogen-bond acceptors (Lipinski definition) is 2. The van der Waals surface area contributed by atoms with Crippen molar-refractivity contribution in [2.24, 2.45) is 0 Å². The van der Waals surface area contributed by atoms with Gasteiger partial charge in [0.2, 0.25) is 0 Å². The van der Waals surface area contributed by atoms with Gasteiger partial charge >= 0.3 is 0 Å². The molecule has 2 aromatic carbocycles. The fourth-order valence-corrected chi connectivity index (χ4v) is 3.40. The number of benzene rings is 2. The summed E-state index contributed by atoms with van der Waals surface area (Å²) >= 11 is 0. The van der Waals surface area contributed by atoms with Crippen molar-refractivity contribution in [2.75, 3.05) is 0 Å². The molecule has 2 nitrogen and oxygen atoms in total. The van der Waals surface area contributed by atoms with Crippen LogP contribution in [0.15, 0.2) is 48.5 Å². The molecule has 2 heteroatoms. The van der Waals surface area contributed by atoms with E-state index in [2.05, 4.69) is 0 Å². The topological polar surface area (TPSA) is 40.5 Å². The van der Waals surface area contributed by atoms with Gasteiger partial charge in [0.1, 0.15) is 11.2 Å². The van der Waals surface area contributed by atoms with Crippen LogP contribution in [0.1, 0.15) is 12.8 Å². The Kier molecular flexibility index (Phi) is 2.86. The minimum absolute atomic E-state index is 0.485. The molecule has 0 atom stereocenters. The maximum Gasteiger partial charge on any atom is 0.103 e. The molecule has 22 heavy (non-hydrogen) atoms. The molecular weight excluding hydrogens is 272 g/mol. The summed E-state index contributed by atoms with van der Waals surface area (Å²) in [5.74, 6) is 0. The quantitative estimate of drug-likeness (QED) is 0.820. The Morgan fingerprint density at radius 3 is 1.09 bits per heavy atom. The average Bonchev–Trinajstić information content (AvgIpc) is 3.01. The van der Waals surface area contributed by atoms with Gasteiger partial charge in [-0.2, -0.15) is 0 Å². The van der Waals surface area contributed by atoms with Gasteiger partial charge < -0.3 is 10.2 Å². The van der Waals surface area contributed by atoms with Crippen LogP contribution in [0.5, 0.6) is 0 Å². The lowest BCUT2D eigenvalue weighted by Gasteiger charge is -2.24. The van der Waals surface area contributed by atoms with Gasteiger partial charge in [-0.15, -0.1) is 0 Å². The highest BCUT2D eigenvalue weighted by Gasteiger charge is 2.31. The second-order valence-corrected chi connectivity index (χ2v) is 6.32. The summed E-state index contributed by atoms with van der Waals surface area (Å²) in [4.78, 5) is 0. The van der Waals surface area contributed by atoms with E-state index in [0.717, 1.165) is 20.9 Å². The van der Waals surface area contributed by atoms with Crippen molar-refractivity contribution < 1.29 is 10.2 Å². The first-order chi connectivity index (χ1) is 10.6. The van der Waals surface area contributed by atoms with Gasteiger partial charge in [-0.05, 0) is 58.0 Å². The minimum atomic E-state index is -0.976. The summed E-state index contributed by atoms with van der Waals surface area (Å²) in [6.07, 6.45) is 8.50. The molecule has 2 aliphatic rings. The van der Waals surface area contributed by atoms with Gasteiger partial charge in [0.15, 0.2) is 0 Å². The fourth-order valence-electron chi connectivity index (χ4n) is 3.40. The summed E-state index contributed by atoms with van der Waals surface area (Å²) in [5.41, 5.74) is -1.95. The van der Waals surface area contributed by atoms with E-state index in [9.17, 15) is 10.2 Å². The molecule has 2 N–H and O–H groups in total. The third-order valence-electron chi connectivity index (χ3n) is 4.54. The molecule has 0 radical (unpaired) electrons. The Morgan fingerprint density at radius 2 is 0.818 bits per heavy atom. The van der Waals surface area contributed by atoms with Crippen molar-refractivity contribution in [3.8, 4) is 0 Å². The van der Waals surface area contributed by atoms with E-state index in [1.165, 1.54) is 0 Å². The molecule has 2 aliphatic carbocycles. The van der Waals surface area contributed by atoms with Crippen molar-refractivity contribution in [1.29, 1.82) is 0 Å². The Balaban J connectivity index is 1.60. The van der Waals surface area contributed by atoms with Crippen molar-refractivity contribution in [1.82, 2.24) is 0 Å². The lowest BCUT2D eigenvalue weighted by atomic mass is 9.90. The summed E-state index contributed by atoms with van der Waals surface area (Å²) < 4.78 is 0. The third-order valence-corrected chi connectivity index (χ3v) is 4.54. The molecule has 0 unspecified atom stereocenters. The van der Waals surface area contributed by atoms with E-state index >= 15 is 0 Å². The first-order valence-corrected chi connectivity index (χ1v) is 7.62. The van der Waals surface area contributed by atoms with Crippen LogP contribution in [0, 0.1) is 0 Å². The molecule has 0 spiro atoms. The first-order valence-electron chi connectivity index (χ1n) is 7.62. The number of rotatable bonds is 3. The maximum absolute atomic E-state index is 10.8. The summed E-state index contributed by atoms with van der Waals surface area (Å²) in [7, 11) is 0. The highest BCUT2D eigenvalue weighted by Crippen LogP contribution is 2.26. The minimum Gasteiger partial charge on any atom is -0.382 e. The Bertz CT molecular complexity index is 818. The van der Waals surface area contributed by atoms with Crippen molar-refractivity contribution >= 4 is 24.3 Å². The van der Waals surface area contributed by atoms with Crippen LogP contribution in [-0.2, 0) is 0 Å². The molecule has 110 valence electrons. The zero-order chi connectivity index (χ0) is 15.2. The standard InChI is InChI=1S/C20H18O2/c21-19(11-15-5-1-2-6-16(15)12-19)9-10-20(22)13-17-7-3-4-8-18(17)14-20/h1-8,11-14,21-22H,9-10H2. The van der Waals surface area contributed by atoms with E-state index in [4.69, 9.17) is 0 Å². The molecular formula is C20H18O2. The predicted molar refractivity (Wildman–Crippen MR) is 88.4 cm³/mol. The number of fused-ring (bicyclic) bond motifs is 2. The number of hydrogen-bond donors (Lipinski definition) is 2. The SMILES string of the molecule is OC1(CCC2(O)C=c3ccccc3=C2)C=c2ccccc2=C1. The van der Waals surface area contributed by atoms with Crippen LogP contribution in [-0.4, -0.2) is 21.4 Å². The normalized spacial score (nSPS) is 19.2. The fraction of sp³-hybridized carbons (Fsp3) is 0.200. The molecule has 0 saturated heterocycles. The Labute approximate surface area is 128 Å². The van der Waals surface area contributed by atoms with Gasteiger partial charge in [0.25, 0.3) is 0 Å². The zero-order valence-electron chi connectivity index (χ0n) is 12.2. The molecule has 0 heterocycles. The van der Waals surface area contributed by atoms with E-state index in [1.807, 2.05) is 72.8 Å². The van der Waals surface area contributed by atoms with Gasteiger partial charge in [0, 0.05) is 0 Å². The molecule has 0 saturated carbocycles. The van der Waals surface area contributed by atoms with Gasteiger partial charge in [-0.1, -0.05) is 48.5 Å². The van der Waals surface area contributed by atoms with Crippen LogP contribution in [0.25, 0.3) is 24.3 Å². The molecule has 0 bridgehead atoms. The van der Waals surface area contributed by atoms with E-state index in [-0.39, 0.29) is 0 Å². The largest absolute Gasteiger partial charge is 0.382 e. The highest BCUT2D eigenvalue weighted by molar-refractivity contribution is 5.62. The lowest BCUT2D eigenvalue weighted by molar-refractivity contribution is 0.113. The summed E-state index contributed by atoms with van der Waals surface area (Å²) in [5, 5.41) is 25.7. The van der Waals surface area contributed by atoms with Crippen molar-refractivity contribution in [3.05, 3.63) is 69.4 Å². The maximum atomic E-state index is 10.8. The summed E-state index contributed by atoms with van der Waals surface area (Å²) in [6, 6.07) is 15.9. The van der Waals surface area contributed by atoms with Crippen LogP contribution in [0.3, 0.4) is 0 Å². The molecule has 0 aromatic heterocycles. The molecule has 2 aromatic rings. The zero-order valence-corrected chi connectivity index (χ0v) is 12.2. The summed E-state index contributed by atoms with van der Waals surface area (Å²) in [6.45, 7) is 0. The van der Waals surface area contributed by atoms with Crippen molar-refractivity contribution in [2.45, 2.75) is 24.0 Å². The van der Waals surface area contributed by atoms with Gasteiger partial charge in [0.05, 0.1) is 0 Å². The predicted octanol–water partition coefficient (Wildman–Crippen LogP) is -0.222. The average molecular weight is 290 g/mol. The van der Waals surface area contributed by atoms with E-state index in [1.54, 1.807) is 0 Å². The molecule has 0 fully saturated rings. The van der Waals surface area contributed by atoms with E-state index < -0.39 is 11.2 Å². The second-order valence-electron chi connectivity index (χ2n) is 6.32. The lowest BCUT2D eigenvalue weighted by Crippen LogP contribution is -2.28. The molecule has 0 aliphatic heterocycles. The van der Waals surface area contributed by atoms with Gasteiger partial charge in [-0.25, -0.2) is 0 Å².